The van der Waals surface area contributed by atoms with Crippen molar-refractivity contribution in [2.45, 2.75) is 0 Å². The zero-order chi connectivity index (χ0) is 35.5. The molecule has 3 nitrogen and oxygen atoms in total. The number of fused-ring (bicyclic) bond motifs is 6. The summed E-state index contributed by atoms with van der Waals surface area (Å²) >= 11 is 0. The van der Waals surface area contributed by atoms with Crippen LogP contribution in [0.1, 0.15) is 5.56 Å². The van der Waals surface area contributed by atoms with Crippen LogP contribution in [0.25, 0.3) is 98.0 Å². The van der Waals surface area contributed by atoms with Crippen molar-refractivity contribution in [3.8, 4) is 45.1 Å². The van der Waals surface area contributed by atoms with Gasteiger partial charge in [-0.15, -0.1) is 0 Å². The van der Waals surface area contributed by atoms with E-state index in [1.165, 1.54) is 49.0 Å². The molecule has 0 N–H and O–H groups in total. The zero-order valence-corrected chi connectivity index (χ0v) is 28.6. The van der Waals surface area contributed by atoms with Crippen molar-refractivity contribution in [1.29, 1.82) is 5.26 Å². The summed E-state index contributed by atoms with van der Waals surface area (Å²) in [5, 5.41) is 18.7. The van der Waals surface area contributed by atoms with Gasteiger partial charge in [-0.1, -0.05) is 127 Å². The number of hydrogen-bond acceptors (Lipinski definition) is 1. The van der Waals surface area contributed by atoms with E-state index in [0.29, 0.717) is 11.3 Å². The lowest BCUT2D eigenvalue weighted by atomic mass is 9.84. The van der Waals surface area contributed by atoms with Gasteiger partial charge in [-0.05, 0) is 120 Å². The molecule has 0 bridgehead atoms. The maximum atomic E-state index is 9.24. The van der Waals surface area contributed by atoms with Gasteiger partial charge in [0.15, 0.2) is 5.69 Å². The molecule has 53 heavy (non-hydrogen) atoms. The van der Waals surface area contributed by atoms with Gasteiger partial charge in [0, 0.05) is 11.1 Å². The molecule has 0 spiro atoms. The summed E-state index contributed by atoms with van der Waals surface area (Å²) in [5.41, 5.74) is 11.4. The first kappa shape index (κ1) is 30.4. The summed E-state index contributed by atoms with van der Waals surface area (Å²) in [7, 11) is 0. The normalized spacial score (nSPS) is 11.4. The number of nitriles is 1. The number of rotatable bonds is 4. The summed E-state index contributed by atoms with van der Waals surface area (Å²) in [5.74, 6) is 0. The summed E-state index contributed by atoms with van der Waals surface area (Å²) in [6.45, 7) is 7.83. The average molecular weight is 672 g/mol. The third-order valence-corrected chi connectivity index (χ3v) is 10.6. The van der Waals surface area contributed by atoms with E-state index < -0.39 is 0 Å². The minimum atomic E-state index is 0.619. The molecular weight excluding hydrogens is 643 g/mol. The van der Waals surface area contributed by atoms with Crippen LogP contribution < -0.4 is 0 Å². The maximum absolute atomic E-state index is 9.24. The lowest BCUT2D eigenvalue weighted by molar-refractivity contribution is 1.18. The highest BCUT2D eigenvalue weighted by Crippen LogP contribution is 2.46. The number of aromatic nitrogens is 1. The fraction of sp³-hybridized carbons (Fsp3) is 0. The lowest BCUT2D eigenvalue weighted by Crippen LogP contribution is -1.94. The van der Waals surface area contributed by atoms with Crippen LogP contribution in [0, 0.1) is 17.9 Å². The van der Waals surface area contributed by atoms with Gasteiger partial charge in [-0.3, -0.25) is 0 Å². The van der Waals surface area contributed by atoms with Crippen LogP contribution in [0.5, 0.6) is 0 Å². The summed E-state index contributed by atoms with van der Waals surface area (Å²) < 4.78 is 2.30. The second-order valence-electron chi connectivity index (χ2n) is 13.5. The Bertz CT molecular complexity index is 3110. The van der Waals surface area contributed by atoms with E-state index >= 15 is 0 Å². The largest absolute Gasteiger partial charge is 0.309 e. The smallest absolute Gasteiger partial charge is 0.188 e. The number of hydrogen-bond donors (Lipinski definition) is 0. The molecule has 3 heteroatoms. The molecule has 10 aromatic rings. The molecule has 0 amide bonds. The van der Waals surface area contributed by atoms with Crippen molar-refractivity contribution >= 4 is 59.8 Å². The molecule has 0 aliphatic heterocycles. The standard InChI is InChI=1S/C50H29N3/c1-52-37-24-28-48-46(30-37)45-29-36(23-27-47(45)53(48)38-25-21-34(22-26-38)33-19-17-32(31-51)18-20-33)49-41-12-4-6-14-43(41)50(44-15-7-5-13-42(44)49)40-16-8-10-35-9-2-3-11-39(35)40/h2-30H. The Hall–Kier alpha value is -7.46. The average Bonchev–Trinajstić information content (AvgIpc) is 3.55. The van der Waals surface area contributed by atoms with E-state index in [4.69, 9.17) is 6.57 Å². The zero-order valence-electron chi connectivity index (χ0n) is 28.6. The molecule has 0 fully saturated rings. The predicted octanol–water partition coefficient (Wildman–Crippen LogP) is 13.7. The van der Waals surface area contributed by atoms with Gasteiger partial charge >= 0.3 is 0 Å². The van der Waals surface area contributed by atoms with E-state index in [1.807, 2.05) is 36.4 Å². The molecular formula is C50H29N3. The van der Waals surface area contributed by atoms with E-state index in [1.54, 1.807) is 0 Å². The fourth-order valence-electron chi connectivity index (χ4n) is 8.23. The predicted molar refractivity (Wildman–Crippen MR) is 221 cm³/mol. The molecule has 0 saturated heterocycles. The van der Waals surface area contributed by atoms with Gasteiger partial charge < -0.3 is 4.57 Å². The number of benzene rings is 9. The minimum absolute atomic E-state index is 0.619. The Morgan fingerprint density at radius 3 is 1.62 bits per heavy atom. The first-order valence-electron chi connectivity index (χ1n) is 17.7. The van der Waals surface area contributed by atoms with Crippen molar-refractivity contribution < 1.29 is 0 Å². The Morgan fingerprint density at radius 2 is 0.981 bits per heavy atom. The Labute approximate surface area is 306 Å². The van der Waals surface area contributed by atoms with Crippen LogP contribution in [-0.2, 0) is 0 Å². The molecule has 9 aromatic carbocycles. The Balaban J connectivity index is 1.21. The summed E-state index contributed by atoms with van der Waals surface area (Å²) in [6, 6.07) is 64.1. The van der Waals surface area contributed by atoms with Crippen LogP contribution in [-0.4, -0.2) is 4.57 Å². The molecule has 0 aliphatic carbocycles. The Kier molecular flexibility index (Phi) is 6.93. The van der Waals surface area contributed by atoms with Gasteiger partial charge in [-0.2, -0.15) is 5.26 Å². The van der Waals surface area contributed by atoms with Crippen LogP contribution in [0.2, 0.25) is 0 Å². The first-order valence-corrected chi connectivity index (χ1v) is 17.7. The van der Waals surface area contributed by atoms with Gasteiger partial charge in [0.2, 0.25) is 0 Å². The van der Waals surface area contributed by atoms with Crippen molar-refractivity contribution in [2.75, 3.05) is 0 Å². The van der Waals surface area contributed by atoms with Gasteiger partial charge in [0.25, 0.3) is 0 Å². The highest BCUT2D eigenvalue weighted by Gasteiger charge is 2.20. The van der Waals surface area contributed by atoms with Crippen molar-refractivity contribution in [2.24, 2.45) is 0 Å². The molecule has 1 aromatic heterocycles. The summed E-state index contributed by atoms with van der Waals surface area (Å²) in [6.07, 6.45) is 0. The number of nitrogens with zero attached hydrogens (tertiary/aromatic N) is 3. The molecule has 1 heterocycles. The van der Waals surface area contributed by atoms with E-state index in [2.05, 4.69) is 155 Å². The fourth-order valence-corrected chi connectivity index (χ4v) is 8.23. The van der Waals surface area contributed by atoms with Crippen LogP contribution in [0.3, 0.4) is 0 Å². The minimum Gasteiger partial charge on any atom is -0.309 e. The van der Waals surface area contributed by atoms with Crippen LogP contribution >= 0.6 is 0 Å². The van der Waals surface area contributed by atoms with E-state index in [-0.39, 0.29) is 0 Å². The SMILES string of the molecule is [C-]#[N+]c1ccc2c(c1)c1cc(-c3c4ccccc4c(-c4cccc5ccccc45)c4ccccc34)ccc1n2-c1ccc(-c2ccc(C#N)cc2)cc1. The molecule has 244 valence electrons. The van der Waals surface area contributed by atoms with Crippen molar-refractivity contribution in [1.82, 2.24) is 4.57 Å². The quantitative estimate of drug-likeness (QED) is 0.135. The molecule has 0 unspecified atom stereocenters. The second-order valence-corrected chi connectivity index (χ2v) is 13.5. The third kappa shape index (κ3) is 4.80. The maximum Gasteiger partial charge on any atom is 0.188 e. The summed E-state index contributed by atoms with van der Waals surface area (Å²) in [4.78, 5) is 3.81. The van der Waals surface area contributed by atoms with Gasteiger partial charge in [0.05, 0.1) is 29.2 Å². The van der Waals surface area contributed by atoms with Crippen LogP contribution in [0.15, 0.2) is 176 Å². The van der Waals surface area contributed by atoms with Crippen molar-refractivity contribution in [3.63, 3.8) is 0 Å². The highest BCUT2D eigenvalue weighted by atomic mass is 15.0. The van der Waals surface area contributed by atoms with Crippen molar-refractivity contribution in [3.05, 3.63) is 193 Å². The molecule has 10 rings (SSSR count). The van der Waals surface area contributed by atoms with Crippen LogP contribution in [0.4, 0.5) is 5.69 Å². The van der Waals surface area contributed by atoms with E-state index in [9.17, 15) is 5.26 Å². The lowest BCUT2D eigenvalue weighted by Gasteiger charge is -2.19. The van der Waals surface area contributed by atoms with E-state index in [0.717, 1.165) is 44.2 Å². The topological polar surface area (TPSA) is 33.1 Å². The highest BCUT2D eigenvalue weighted by molar-refractivity contribution is 6.24. The molecule has 0 radical (unpaired) electrons. The first-order chi connectivity index (χ1) is 26.2. The van der Waals surface area contributed by atoms with Gasteiger partial charge in [-0.25, -0.2) is 4.85 Å². The van der Waals surface area contributed by atoms with Gasteiger partial charge in [0.1, 0.15) is 0 Å². The monoisotopic (exact) mass is 671 g/mol. The molecule has 0 saturated carbocycles. The second kappa shape index (κ2) is 12.1. The molecule has 0 atom stereocenters. The molecule has 0 aliphatic rings. The Morgan fingerprint density at radius 1 is 0.453 bits per heavy atom. The third-order valence-electron chi connectivity index (χ3n) is 10.6.